The van der Waals surface area contributed by atoms with Gasteiger partial charge in [0.05, 0.1) is 0 Å². The third-order valence-corrected chi connectivity index (χ3v) is 0. The van der Waals surface area contributed by atoms with Gasteiger partial charge in [-0.3, -0.25) is 0 Å². The van der Waals surface area contributed by atoms with Crippen LogP contribution in [0.5, 0.6) is 0 Å². The summed E-state index contributed by atoms with van der Waals surface area (Å²) in [5.41, 5.74) is 0. The van der Waals surface area contributed by atoms with Crippen molar-refractivity contribution in [2.45, 2.75) is 0 Å². The van der Waals surface area contributed by atoms with Crippen LogP contribution >= 0.6 is 13.5 Å². The molecule has 0 radical (unpaired) electrons. The Labute approximate surface area is 49.1 Å². The average molecular weight is 187 g/mol. The van der Waals surface area contributed by atoms with Crippen LogP contribution in [0.3, 0.4) is 0 Å². The zero-order valence-corrected chi connectivity index (χ0v) is 5.05. The van der Waals surface area contributed by atoms with Crippen molar-refractivity contribution in [3.8, 4) is 0 Å². The molecule has 0 bridgehead atoms. The Kier molecular flexibility index (Phi) is 4090. The van der Waals surface area contributed by atoms with Crippen LogP contribution in [0.4, 0.5) is 0 Å². The maximum absolute atomic E-state index is 0. The molecule has 0 saturated heterocycles. The fourth-order valence-corrected chi connectivity index (χ4v) is 0. The Morgan fingerprint density at radius 3 is 0.600 bits per heavy atom. The molecule has 0 aromatic carbocycles. The predicted molar refractivity (Wildman–Crippen MR) is 10.4 cm³/mol. The second-order valence-corrected chi connectivity index (χ2v) is 0. The summed E-state index contributed by atoms with van der Waals surface area (Å²) in [4.78, 5) is 0. The summed E-state index contributed by atoms with van der Waals surface area (Å²) in [6.07, 6.45) is 0. The first-order valence-electron chi connectivity index (χ1n) is 0. The molecule has 38 valence electrons. The van der Waals surface area contributed by atoms with Gasteiger partial charge in [0.1, 0.15) is 0 Å². The van der Waals surface area contributed by atoms with Crippen LogP contribution in [-0.2, 0) is 21.1 Å². The third-order valence-electron chi connectivity index (χ3n) is 0. The first-order chi connectivity index (χ1) is 0. The van der Waals surface area contributed by atoms with Gasteiger partial charge < -0.3 is 14.1 Å². The monoisotopic (exact) mass is 189 g/mol. The van der Waals surface area contributed by atoms with E-state index in [9.17, 15) is 0 Å². The van der Waals surface area contributed by atoms with Gasteiger partial charge in [0.15, 0.2) is 0 Å². The minimum Gasteiger partial charge on any atom is -1.00 e. The summed E-state index contributed by atoms with van der Waals surface area (Å²) in [6, 6.07) is 0. The topological polar surface area (TPSA) is 0 Å². The van der Waals surface area contributed by atoms with E-state index in [1.54, 1.807) is 0 Å². The van der Waals surface area contributed by atoms with Crippen LogP contribution in [-0.4, -0.2) is 0 Å². The van der Waals surface area contributed by atoms with E-state index in [1.807, 2.05) is 0 Å². The van der Waals surface area contributed by atoms with E-state index in [0.29, 0.717) is 0 Å². The maximum Gasteiger partial charge on any atom is 0 e. The quantitative estimate of drug-likeness (QED) is 0.330. The van der Waals surface area contributed by atoms with Gasteiger partial charge in [-0.25, -0.2) is 0 Å². The van der Waals surface area contributed by atoms with E-state index in [2.05, 4.69) is 0 Å². The Hall–Kier alpha value is 0.828. The van der Waals surface area contributed by atoms with Crippen LogP contribution in [0.1, 0.15) is 0 Å². The van der Waals surface area contributed by atoms with Crippen LogP contribution in [0.2, 0.25) is 0 Å². The summed E-state index contributed by atoms with van der Waals surface area (Å²) in [6.45, 7) is 0. The maximum atomic E-state index is 0. The molecule has 5 heavy (non-hydrogen) atoms. The fraction of sp³-hybridized carbons (Fsp3) is 0. The molecule has 0 aliphatic rings. The van der Waals surface area contributed by atoms with Crippen molar-refractivity contribution in [2.24, 2.45) is 0 Å². The molecule has 0 N–H and O–H groups in total. The molecule has 0 amide bonds. The van der Waals surface area contributed by atoms with Gasteiger partial charge in [-0.05, 0) is 0 Å². The standard InChI is InChI=1S/3FH.Mo.H2S/h3*1H;;1H2/p-3. The van der Waals surface area contributed by atoms with Gasteiger partial charge in [-0.15, -0.1) is 0 Å². The third kappa shape index (κ3) is 56.3. The summed E-state index contributed by atoms with van der Waals surface area (Å²) in [5, 5.41) is 0. The van der Waals surface area contributed by atoms with E-state index < -0.39 is 0 Å². The fourth-order valence-electron chi connectivity index (χ4n) is 0. The molecule has 0 aliphatic carbocycles. The van der Waals surface area contributed by atoms with Gasteiger partial charge in [0, 0.05) is 21.1 Å². The molecule has 0 nitrogen and oxygen atoms in total. The molecule has 0 aromatic heterocycles. The number of hydrogen-bond donors (Lipinski definition) is 0. The van der Waals surface area contributed by atoms with Crippen molar-refractivity contribution < 1.29 is 35.2 Å². The van der Waals surface area contributed by atoms with Crippen LogP contribution < -0.4 is 14.1 Å². The smallest absolute Gasteiger partial charge is 0 e. The Morgan fingerprint density at radius 1 is 0.600 bits per heavy atom. The zero-order chi connectivity index (χ0) is 0. The normalized spacial score (nSPS) is 0. The largest absolute Gasteiger partial charge is 1.00 e. The molecular formula is H2F3MoS-3. The van der Waals surface area contributed by atoms with E-state index >= 15 is 0 Å². The first kappa shape index (κ1) is 198. The molecule has 0 atom stereocenters. The summed E-state index contributed by atoms with van der Waals surface area (Å²) >= 11 is 0. The molecule has 0 unspecified atom stereocenters. The Morgan fingerprint density at radius 2 is 0.600 bits per heavy atom. The molecule has 0 fully saturated rings. The van der Waals surface area contributed by atoms with Crippen molar-refractivity contribution in [1.29, 1.82) is 0 Å². The van der Waals surface area contributed by atoms with E-state index in [4.69, 9.17) is 0 Å². The van der Waals surface area contributed by atoms with Gasteiger partial charge >= 0.3 is 0 Å². The summed E-state index contributed by atoms with van der Waals surface area (Å²) in [7, 11) is 0. The van der Waals surface area contributed by atoms with Crippen LogP contribution in [0.25, 0.3) is 0 Å². The summed E-state index contributed by atoms with van der Waals surface area (Å²) in [5.74, 6) is 0. The second kappa shape index (κ2) is 103. The van der Waals surface area contributed by atoms with Gasteiger partial charge in [-0.1, -0.05) is 0 Å². The SMILES string of the molecule is S.[F-].[F-].[F-].[Mo]. The zero-order valence-electron chi connectivity index (χ0n) is 2.04. The Bertz CT molecular complexity index is 6.85. The van der Waals surface area contributed by atoms with Crippen LogP contribution in [0, 0.1) is 0 Å². The number of hydrogen-bond acceptors (Lipinski definition) is 0. The molecule has 0 aliphatic heterocycles. The first-order valence-corrected chi connectivity index (χ1v) is 0. The summed E-state index contributed by atoms with van der Waals surface area (Å²) < 4.78 is 0. The van der Waals surface area contributed by atoms with Crippen molar-refractivity contribution >= 4 is 13.5 Å². The minimum absolute atomic E-state index is 0. The molecular weight excluding hydrogens is 185 g/mol. The van der Waals surface area contributed by atoms with Crippen molar-refractivity contribution in [3.05, 3.63) is 0 Å². The molecule has 0 rings (SSSR count). The number of halogens is 3. The minimum atomic E-state index is 0. The second-order valence-electron chi connectivity index (χ2n) is 0. The molecule has 5 heteroatoms. The molecule has 0 heterocycles. The Balaban J connectivity index is 0. The predicted octanol–water partition coefficient (Wildman–Crippen LogP) is -8.88. The molecule has 0 spiro atoms. The van der Waals surface area contributed by atoms with E-state index in [-0.39, 0.29) is 48.7 Å². The van der Waals surface area contributed by atoms with Crippen molar-refractivity contribution in [1.82, 2.24) is 0 Å². The van der Waals surface area contributed by atoms with Gasteiger partial charge in [0.2, 0.25) is 0 Å². The van der Waals surface area contributed by atoms with Crippen molar-refractivity contribution in [3.63, 3.8) is 0 Å². The number of rotatable bonds is 0. The van der Waals surface area contributed by atoms with E-state index in [1.165, 1.54) is 0 Å². The average Bonchev–Trinajstić information content (AvgIpc) is 0. The van der Waals surface area contributed by atoms with Crippen molar-refractivity contribution in [2.75, 3.05) is 0 Å². The molecule has 0 saturated carbocycles. The van der Waals surface area contributed by atoms with Gasteiger partial charge in [0.25, 0.3) is 0 Å². The van der Waals surface area contributed by atoms with Crippen LogP contribution in [0.15, 0.2) is 0 Å². The van der Waals surface area contributed by atoms with E-state index in [0.717, 1.165) is 0 Å². The van der Waals surface area contributed by atoms with Gasteiger partial charge in [-0.2, -0.15) is 13.5 Å². The molecule has 0 aromatic rings.